The minimum absolute atomic E-state index is 0.237. The van der Waals surface area contributed by atoms with Gasteiger partial charge in [0, 0.05) is 25.0 Å². The van der Waals surface area contributed by atoms with Crippen LogP contribution in [-0.2, 0) is 10.0 Å². The Morgan fingerprint density at radius 1 is 1.04 bits per heavy atom. The van der Waals surface area contributed by atoms with E-state index in [9.17, 15) is 12.8 Å². The van der Waals surface area contributed by atoms with Gasteiger partial charge in [0.25, 0.3) is 0 Å². The molecule has 0 unspecified atom stereocenters. The zero-order chi connectivity index (χ0) is 19.6. The van der Waals surface area contributed by atoms with Crippen LogP contribution in [0.25, 0.3) is 10.8 Å². The number of benzene rings is 2. The molecule has 0 atom stereocenters. The van der Waals surface area contributed by atoms with Gasteiger partial charge in [-0.3, -0.25) is 0 Å². The van der Waals surface area contributed by atoms with Crippen molar-refractivity contribution >= 4 is 26.7 Å². The highest BCUT2D eigenvalue weighted by molar-refractivity contribution is 7.89. The summed E-state index contributed by atoms with van der Waals surface area (Å²) >= 11 is 0. The molecule has 3 aromatic rings. The van der Waals surface area contributed by atoms with E-state index in [0.717, 1.165) is 36.0 Å². The van der Waals surface area contributed by atoms with E-state index in [-0.39, 0.29) is 5.92 Å². The molecule has 0 radical (unpaired) electrons. The Labute approximate surface area is 163 Å². The third kappa shape index (κ3) is 3.98. The molecule has 0 saturated carbocycles. The lowest BCUT2D eigenvalue weighted by Crippen LogP contribution is -2.39. The lowest BCUT2D eigenvalue weighted by molar-refractivity contribution is 0.399. The van der Waals surface area contributed by atoms with Crippen LogP contribution in [0.3, 0.4) is 0 Å². The van der Waals surface area contributed by atoms with Crippen LogP contribution in [0.1, 0.15) is 12.8 Å². The minimum atomic E-state index is -3.59. The zero-order valence-corrected chi connectivity index (χ0v) is 16.1. The lowest BCUT2D eigenvalue weighted by atomic mass is 9.97. The second-order valence-corrected chi connectivity index (χ2v) is 8.70. The van der Waals surface area contributed by atoms with Crippen molar-refractivity contribution < 1.29 is 12.8 Å². The molecule has 4 rings (SSSR count). The quantitative estimate of drug-likeness (QED) is 0.713. The predicted molar refractivity (Wildman–Crippen MR) is 106 cm³/mol. The number of nitrogens with one attached hydrogen (secondary N) is 1. The molecule has 2 aromatic carbocycles. The largest absolute Gasteiger partial charge is 0.341 e. The van der Waals surface area contributed by atoms with Gasteiger partial charge in [-0.25, -0.2) is 27.5 Å². The van der Waals surface area contributed by atoms with Gasteiger partial charge in [-0.15, -0.1) is 0 Å². The van der Waals surface area contributed by atoms with E-state index < -0.39 is 15.8 Å². The van der Waals surface area contributed by atoms with Crippen LogP contribution in [0.2, 0.25) is 0 Å². The summed E-state index contributed by atoms with van der Waals surface area (Å²) in [5.41, 5.74) is 0. The molecular formula is C20H21FN4O2S. The standard InChI is InChI=1S/C20H21FN4O2S/c21-17-13-22-20(23-14-17)25-10-8-15(9-11-25)12-24-28(26,27)19-7-3-5-16-4-1-2-6-18(16)19/h1-7,13-15,24H,8-12H2. The molecule has 1 fully saturated rings. The Bertz CT molecular complexity index is 1060. The van der Waals surface area contributed by atoms with Crippen molar-refractivity contribution in [2.75, 3.05) is 24.5 Å². The number of halogens is 1. The van der Waals surface area contributed by atoms with Gasteiger partial charge in [0.05, 0.1) is 17.3 Å². The summed E-state index contributed by atoms with van der Waals surface area (Å²) in [6, 6.07) is 12.8. The first-order valence-corrected chi connectivity index (χ1v) is 10.7. The minimum Gasteiger partial charge on any atom is -0.341 e. The van der Waals surface area contributed by atoms with Gasteiger partial charge in [0.1, 0.15) is 0 Å². The number of fused-ring (bicyclic) bond motifs is 1. The monoisotopic (exact) mass is 400 g/mol. The normalized spacial score (nSPS) is 15.8. The fourth-order valence-electron chi connectivity index (χ4n) is 3.54. The van der Waals surface area contributed by atoms with Gasteiger partial charge in [-0.2, -0.15) is 0 Å². The topological polar surface area (TPSA) is 75.2 Å². The molecule has 1 aliphatic rings. The molecule has 6 nitrogen and oxygen atoms in total. The predicted octanol–water partition coefficient (Wildman–Crippen LogP) is 2.96. The Kier molecular flexibility index (Phi) is 5.23. The molecule has 0 aliphatic carbocycles. The van der Waals surface area contributed by atoms with Crippen molar-refractivity contribution in [3.8, 4) is 0 Å². The van der Waals surface area contributed by atoms with E-state index in [1.165, 1.54) is 0 Å². The maximum absolute atomic E-state index is 13.0. The number of nitrogens with zero attached hydrogens (tertiary/aromatic N) is 3. The van der Waals surface area contributed by atoms with Crippen molar-refractivity contribution in [2.24, 2.45) is 5.92 Å². The summed E-state index contributed by atoms with van der Waals surface area (Å²) in [6.45, 7) is 1.82. The van der Waals surface area contributed by atoms with E-state index in [0.29, 0.717) is 30.5 Å². The van der Waals surface area contributed by atoms with Gasteiger partial charge >= 0.3 is 0 Å². The number of rotatable bonds is 5. The first-order valence-electron chi connectivity index (χ1n) is 9.23. The molecule has 0 spiro atoms. The third-order valence-corrected chi connectivity index (χ3v) is 6.59. The fourth-order valence-corrected chi connectivity index (χ4v) is 4.88. The summed E-state index contributed by atoms with van der Waals surface area (Å²) in [5.74, 6) is 0.291. The average molecular weight is 400 g/mol. The van der Waals surface area contributed by atoms with Gasteiger partial charge in [-0.1, -0.05) is 36.4 Å². The second-order valence-electron chi connectivity index (χ2n) is 6.96. The number of hydrogen-bond donors (Lipinski definition) is 1. The van der Waals surface area contributed by atoms with E-state index in [1.54, 1.807) is 12.1 Å². The Hall–Kier alpha value is -2.58. The van der Waals surface area contributed by atoms with Crippen molar-refractivity contribution in [1.82, 2.24) is 14.7 Å². The maximum atomic E-state index is 13.0. The van der Waals surface area contributed by atoms with Crippen molar-refractivity contribution in [3.05, 3.63) is 60.7 Å². The highest BCUT2D eigenvalue weighted by Crippen LogP contribution is 2.24. The Balaban J connectivity index is 1.39. The van der Waals surface area contributed by atoms with Crippen LogP contribution in [0.15, 0.2) is 59.8 Å². The lowest BCUT2D eigenvalue weighted by Gasteiger charge is -2.31. The highest BCUT2D eigenvalue weighted by Gasteiger charge is 2.24. The van der Waals surface area contributed by atoms with E-state index >= 15 is 0 Å². The number of aromatic nitrogens is 2. The summed E-state index contributed by atoms with van der Waals surface area (Å²) in [7, 11) is -3.59. The molecule has 1 saturated heterocycles. The van der Waals surface area contributed by atoms with Gasteiger partial charge in [0.2, 0.25) is 16.0 Å². The number of anilines is 1. The number of piperidine rings is 1. The van der Waals surface area contributed by atoms with Crippen LogP contribution in [-0.4, -0.2) is 38.0 Å². The highest BCUT2D eigenvalue weighted by atomic mass is 32.2. The summed E-state index contributed by atoms with van der Waals surface area (Å²) in [5, 5.41) is 1.62. The molecule has 1 N–H and O–H groups in total. The van der Waals surface area contributed by atoms with Crippen molar-refractivity contribution in [3.63, 3.8) is 0 Å². The smallest absolute Gasteiger partial charge is 0.241 e. The molecule has 28 heavy (non-hydrogen) atoms. The molecule has 146 valence electrons. The molecule has 1 aromatic heterocycles. The van der Waals surface area contributed by atoms with Gasteiger partial charge < -0.3 is 4.90 Å². The zero-order valence-electron chi connectivity index (χ0n) is 15.3. The SMILES string of the molecule is O=S(=O)(NCC1CCN(c2ncc(F)cn2)CC1)c1cccc2ccccc12. The van der Waals surface area contributed by atoms with E-state index in [4.69, 9.17) is 0 Å². The Morgan fingerprint density at radius 3 is 2.46 bits per heavy atom. The Morgan fingerprint density at radius 2 is 1.71 bits per heavy atom. The molecule has 2 heterocycles. The van der Waals surface area contributed by atoms with E-state index in [1.807, 2.05) is 35.2 Å². The number of sulfonamides is 1. The van der Waals surface area contributed by atoms with Gasteiger partial charge in [0.15, 0.2) is 5.82 Å². The maximum Gasteiger partial charge on any atom is 0.241 e. The van der Waals surface area contributed by atoms with Crippen LogP contribution in [0.5, 0.6) is 0 Å². The molecular weight excluding hydrogens is 379 g/mol. The molecule has 1 aliphatic heterocycles. The van der Waals surface area contributed by atoms with Crippen LogP contribution < -0.4 is 9.62 Å². The first-order chi connectivity index (χ1) is 13.5. The van der Waals surface area contributed by atoms with Crippen LogP contribution in [0.4, 0.5) is 10.3 Å². The summed E-state index contributed by atoms with van der Waals surface area (Å²) in [6.07, 6.45) is 3.96. The van der Waals surface area contributed by atoms with Gasteiger partial charge in [-0.05, 0) is 30.2 Å². The summed E-state index contributed by atoms with van der Waals surface area (Å²) < 4.78 is 41.4. The average Bonchev–Trinajstić information content (AvgIpc) is 2.73. The van der Waals surface area contributed by atoms with E-state index in [2.05, 4.69) is 14.7 Å². The molecule has 8 heteroatoms. The van der Waals surface area contributed by atoms with Crippen molar-refractivity contribution in [2.45, 2.75) is 17.7 Å². The van der Waals surface area contributed by atoms with Crippen molar-refractivity contribution in [1.29, 1.82) is 0 Å². The first kappa shape index (κ1) is 18.8. The molecule has 0 bridgehead atoms. The van der Waals surface area contributed by atoms with Crippen LogP contribution >= 0.6 is 0 Å². The van der Waals surface area contributed by atoms with Crippen LogP contribution in [0, 0.1) is 11.7 Å². The third-order valence-electron chi connectivity index (χ3n) is 5.11. The molecule has 0 amide bonds. The number of hydrogen-bond acceptors (Lipinski definition) is 5. The fraction of sp³-hybridized carbons (Fsp3) is 0.300. The summed E-state index contributed by atoms with van der Waals surface area (Å²) in [4.78, 5) is 10.3. The second kappa shape index (κ2) is 7.81.